The van der Waals surface area contributed by atoms with Crippen LogP contribution in [0.4, 0.5) is 0 Å². The van der Waals surface area contributed by atoms with Crippen LogP contribution in [0.15, 0.2) is 72.8 Å². The van der Waals surface area contributed by atoms with Gasteiger partial charge in [-0.1, -0.05) is 61.4 Å². The summed E-state index contributed by atoms with van der Waals surface area (Å²) in [5.74, 6) is 1.75. The Kier molecular flexibility index (Phi) is 13.2. The number of benzene rings is 3. The molecule has 0 amide bonds. The van der Waals surface area contributed by atoms with Gasteiger partial charge in [0.05, 0.1) is 32.4 Å². The Labute approximate surface area is 302 Å². The first-order valence-corrected chi connectivity index (χ1v) is 18.1. The van der Waals surface area contributed by atoms with Crippen molar-refractivity contribution in [2.75, 3.05) is 45.9 Å². The number of fused-ring (bicyclic) bond motifs is 3. The smallest absolute Gasteiger partial charge is 0.137 e. The van der Waals surface area contributed by atoms with E-state index in [0.29, 0.717) is 36.8 Å². The lowest BCUT2D eigenvalue weighted by atomic mass is 9.80. The molecule has 49 heavy (non-hydrogen) atoms. The van der Waals surface area contributed by atoms with Crippen LogP contribution in [-0.2, 0) is 23.4 Å². The maximum absolute atomic E-state index is 12.0. The minimum atomic E-state index is -0.919. The topological polar surface area (TPSA) is 111 Å². The molecule has 3 aliphatic heterocycles. The molecular weight excluding hydrogens is 684 g/mol. The number of hydrogen-bond acceptors (Lipinski definition) is 7. The van der Waals surface area contributed by atoms with Crippen LogP contribution in [0.5, 0.6) is 11.5 Å². The van der Waals surface area contributed by atoms with Crippen LogP contribution in [0, 0.1) is 11.8 Å². The number of aliphatic hydroxyl groups excluding tert-OH is 2. The zero-order chi connectivity index (χ0) is 33.6. The van der Waals surface area contributed by atoms with Gasteiger partial charge in [0, 0.05) is 36.9 Å². The number of piperidine rings is 3. The first-order chi connectivity index (χ1) is 23.3. The summed E-state index contributed by atoms with van der Waals surface area (Å²) in [5, 5.41) is 45.2. The molecule has 8 nitrogen and oxygen atoms in total. The zero-order valence-electron chi connectivity index (χ0n) is 28.9. The van der Waals surface area contributed by atoms with E-state index in [4.69, 9.17) is 9.47 Å². The van der Waals surface area contributed by atoms with Crippen molar-refractivity contribution >= 4 is 0 Å². The summed E-state index contributed by atoms with van der Waals surface area (Å²) in [6.45, 7) is 7.55. The molecule has 0 radical (unpaired) electrons. The van der Waals surface area contributed by atoms with Gasteiger partial charge in [-0.3, -0.25) is 0 Å². The van der Waals surface area contributed by atoms with Gasteiger partial charge in [0.1, 0.15) is 42.9 Å². The highest BCUT2D eigenvalue weighted by Crippen LogP contribution is 2.42. The second-order valence-corrected chi connectivity index (χ2v) is 14.7. The predicted octanol–water partition coefficient (Wildman–Crippen LogP) is 2.23. The maximum Gasteiger partial charge on any atom is 0.137 e. The molecule has 1 aliphatic carbocycles. The minimum absolute atomic E-state index is 0. The van der Waals surface area contributed by atoms with Crippen molar-refractivity contribution in [1.82, 2.24) is 5.32 Å². The highest BCUT2D eigenvalue weighted by atomic mass is 79.9. The number of quaternary nitrogens is 1. The highest BCUT2D eigenvalue weighted by Gasteiger charge is 2.48. The number of aromatic hydroxyl groups is 1. The third-order valence-corrected chi connectivity index (χ3v) is 11.5. The van der Waals surface area contributed by atoms with E-state index in [9.17, 15) is 20.4 Å². The molecule has 7 rings (SSSR count). The molecule has 1 unspecified atom stereocenters. The van der Waals surface area contributed by atoms with Gasteiger partial charge in [0.25, 0.3) is 0 Å². The van der Waals surface area contributed by atoms with Crippen LogP contribution in [0.3, 0.4) is 0 Å². The van der Waals surface area contributed by atoms with Gasteiger partial charge < -0.3 is 56.7 Å². The van der Waals surface area contributed by atoms with Gasteiger partial charge in [0.2, 0.25) is 0 Å². The van der Waals surface area contributed by atoms with Crippen molar-refractivity contribution < 1.29 is 51.4 Å². The summed E-state index contributed by atoms with van der Waals surface area (Å²) in [7, 11) is 0. The van der Waals surface area contributed by atoms with E-state index in [2.05, 4.69) is 36.5 Å². The summed E-state index contributed by atoms with van der Waals surface area (Å²) in [6, 6.07) is 23.5. The Balaban J connectivity index is 0.00000468. The third-order valence-electron chi connectivity index (χ3n) is 11.5. The Morgan fingerprint density at radius 3 is 2.37 bits per heavy atom. The molecule has 3 aromatic carbocycles. The number of nitrogens with one attached hydrogen (secondary N) is 1. The fourth-order valence-corrected chi connectivity index (χ4v) is 8.40. The van der Waals surface area contributed by atoms with Crippen molar-refractivity contribution in [3.8, 4) is 11.5 Å². The molecule has 3 heterocycles. The quantitative estimate of drug-likeness (QED) is 0.144. The lowest BCUT2D eigenvalue weighted by Gasteiger charge is -2.52. The second-order valence-electron chi connectivity index (χ2n) is 14.7. The van der Waals surface area contributed by atoms with Crippen LogP contribution in [0.1, 0.15) is 73.8 Å². The van der Waals surface area contributed by atoms with Crippen molar-refractivity contribution in [3.63, 3.8) is 0 Å². The second kappa shape index (κ2) is 17.1. The lowest BCUT2D eigenvalue weighted by Crippen LogP contribution is -3.00. The third kappa shape index (κ3) is 9.25. The van der Waals surface area contributed by atoms with Crippen LogP contribution >= 0.6 is 0 Å². The Morgan fingerprint density at radius 2 is 1.67 bits per heavy atom. The van der Waals surface area contributed by atoms with Gasteiger partial charge in [-0.2, -0.15) is 0 Å². The van der Waals surface area contributed by atoms with E-state index in [0.717, 1.165) is 48.1 Å². The standard InChI is InChI=1S/C40H54N2O6.BrH/c1-29(41-25-38(45)32-13-16-37(44)33(24-32)27-43)23-30-11-14-36(15-12-30)47-22-21-42-19-17-31(18-20-42)39(26-42)48-28-40(46,35-9-5-6-10-35)34-7-3-2-4-8-34;/h2-4,7-8,11-16,24,29,31,35,38-39,41,43,45-46H,5-6,9-10,17-23,25-28H2,1H3;1H/t29?,31?,38-,39-,40+,42?;/m0./s1. The SMILES string of the molecule is CC(Cc1ccc(OCC[N+]23CCC(CC2)[C@@H](OC[C@@](O)(c2ccccc2)C2CCCC2)C3)cc1)NC[C@H](O)c1ccc(O)c(CO)c1.[Br-]. The Hall–Kier alpha value is -2.50. The first-order valence-electron chi connectivity index (χ1n) is 18.1. The maximum atomic E-state index is 12.0. The summed E-state index contributed by atoms with van der Waals surface area (Å²) in [4.78, 5) is 0. The monoisotopic (exact) mass is 738 g/mol. The lowest BCUT2D eigenvalue weighted by molar-refractivity contribution is -0.946. The molecule has 4 atom stereocenters. The zero-order valence-corrected chi connectivity index (χ0v) is 30.4. The average molecular weight is 740 g/mol. The summed E-state index contributed by atoms with van der Waals surface area (Å²) >= 11 is 0. The van der Waals surface area contributed by atoms with E-state index >= 15 is 0 Å². The van der Waals surface area contributed by atoms with Crippen molar-refractivity contribution in [3.05, 3.63) is 95.1 Å². The Bertz CT molecular complexity index is 1440. The molecule has 9 heteroatoms. The molecule has 1 saturated carbocycles. The van der Waals surface area contributed by atoms with E-state index in [1.165, 1.54) is 50.4 Å². The van der Waals surface area contributed by atoms with Crippen LogP contribution in [0.2, 0.25) is 0 Å². The van der Waals surface area contributed by atoms with Crippen molar-refractivity contribution in [2.24, 2.45) is 11.8 Å². The molecule has 0 spiro atoms. The fourth-order valence-electron chi connectivity index (χ4n) is 8.40. The summed E-state index contributed by atoms with van der Waals surface area (Å²) < 4.78 is 14.0. The summed E-state index contributed by atoms with van der Waals surface area (Å²) in [6.07, 6.45) is 7.12. The van der Waals surface area contributed by atoms with Crippen molar-refractivity contribution in [2.45, 2.75) is 82.3 Å². The van der Waals surface area contributed by atoms with Gasteiger partial charge >= 0.3 is 0 Å². The molecule has 268 valence electrons. The molecule has 2 bridgehead atoms. The molecule has 3 saturated heterocycles. The average Bonchev–Trinajstić information content (AvgIpc) is 3.68. The first kappa shape index (κ1) is 37.7. The van der Waals surface area contributed by atoms with Crippen LogP contribution in [0.25, 0.3) is 0 Å². The fraction of sp³-hybridized carbons (Fsp3) is 0.550. The molecule has 4 fully saturated rings. The van der Waals surface area contributed by atoms with Gasteiger partial charge in [0.15, 0.2) is 0 Å². The molecule has 5 N–H and O–H groups in total. The van der Waals surface area contributed by atoms with E-state index < -0.39 is 11.7 Å². The van der Waals surface area contributed by atoms with Gasteiger partial charge in [-0.25, -0.2) is 0 Å². The number of aliphatic hydroxyl groups is 3. The largest absolute Gasteiger partial charge is 1.00 e. The van der Waals surface area contributed by atoms with Gasteiger partial charge in [-0.05, 0) is 73.1 Å². The predicted molar refractivity (Wildman–Crippen MR) is 187 cm³/mol. The number of rotatable bonds is 16. The molecule has 3 aromatic rings. The number of halogens is 1. The van der Waals surface area contributed by atoms with Gasteiger partial charge in [-0.15, -0.1) is 0 Å². The molecular formula is C40H55BrN2O6. The minimum Gasteiger partial charge on any atom is -1.00 e. The molecule has 0 aromatic heterocycles. The number of phenols is 1. The van der Waals surface area contributed by atoms with Crippen molar-refractivity contribution in [1.29, 1.82) is 0 Å². The highest BCUT2D eigenvalue weighted by molar-refractivity contribution is 5.36. The number of hydrogen-bond donors (Lipinski definition) is 5. The van der Waals surface area contributed by atoms with E-state index in [1.54, 1.807) is 12.1 Å². The van der Waals surface area contributed by atoms with E-state index in [1.807, 2.05) is 30.3 Å². The van der Waals surface area contributed by atoms with E-state index in [-0.39, 0.29) is 47.4 Å². The normalized spacial score (nSPS) is 24.6. The number of nitrogens with zero attached hydrogens (tertiary/aromatic N) is 1. The van der Waals surface area contributed by atoms with Crippen LogP contribution < -0.4 is 27.0 Å². The Morgan fingerprint density at radius 1 is 0.959 bits per heavy atom. The molecule has 4 aliphatic rings. The summed E-state index contributed by atoms with van der Waals surface area (Å²) in [5.41, 5.74) is 2.34. The number of ether oxygens (including phenoxy) is 2. The van der Waals surface area contributed by atoms with Crippen LogP contribution in [-0.4, -0.2) is 83.0 Å².